The largest absolute Gasteiger partial charge is 0.491 e. The smallest absolute Gasteiger partial charge is 0.119 e. The zero-order valence-electron chi connectivity index (χ0n) is 9.75. The molecule has 0 spiro atoms. The molecule has 0 amide bonds. The molecule has 0 bridgehead atoms. The summed E-state index contributed by atoms with van der Waals surface area (Å²) in [5.74, 6) is 0.912. The van der Waals surface area contributed by atoms with Gasteiger partial charge in [0.15, 0.2) is 0 Å². The Morgan fingerprint density at radius 3 is 2.44 bits per heavy atom. The standard InChI is InChI=1S/C13H19BrO2/c1-12-4-6-13(7-5-12)16-11-10-15-9-3-2-8-14/h4-7H,2-3,8-11H2,1H3. The van der Waals surface area contributed by atoms with Crippen LogP contribution in [0.15, 0.2) is 24.3 Å². The van der Waals surface area contributed by atoms with Crippen LogP contribution in [0.1, 0.15) is 18.4 Å². The number of ether oxygens (including phenoxy) is 2. The van der Waals surface area contributed by atoms with E-state index in [4.69, 9.17) is 9.47 Å². The summed E-state index contributed by atoms with van der Waals surface area (Å²) >= 11 is 3.39. The van der Waals surface area contributed by atoms with Crippen molar-refractivity contribution in [1.29, 1.82) is 0 Å². The maximum Gasteiger partial charge on any atom is 0.119 e. The third kappa shape index (κ3) is 6.13. The molecular formula is C13H19BrO2. The van der Waals surface area contributed by atoms with Gasteiger partial charge in [0, 0.05) is 11.9 Å². The summed E-state index contributed by atoms with van der Waals surface area (Å²) in [5.41, 5.74) is 1.25. The first-order chi connectivity index (χ1) is 7.83. The number of aryl methyl sites for hydroxylation is 1. The number of rotatable bonds is 8. The van der Waals surface area contributed by atoms with Gasteiger partial charge in [-0.3, -0.25) is 0 Å². The van der Waals surface area contributed by atoms with E-state index in [9.17, 15) is 0 Å². The van der Waals surface area contributed by atoms with E-state index in [1.807, 2.05) is 24.3 Å². The lowest BCUT2D eigenvalue weighted by molar-refractivity contribution is 0.0982. The monoisotopic (exact) mass is 286 g/mol. The van der Waals surface area contributed by atoms with Gasteiger partial charge in [0.25, 0.3) is 0 Å². The highest BCUT2D eigenvalue weighted by Crippen LogP contribution is 2.10. The number of hydrogen-bond donors (Lipinski definition) is 0. The molecule has 3 heteroatoms. The highest BCUT2D eigenvalue weighted by atomic mass is 79.9. The summed E-state index contributed by atoms with van der Waals surface area (Å²) in [4.78, 5) is 0. The molecule has 0 aliphatic rings. The van der Waals surface area contributed by atoms with Gasteiger partial charge in [-0.05, 0) is 31.9 Å². The Morgan fingerprint density at radius 2 is 1.75 bits per heavy atom. The van der Waals surface area contributed by atoms with E-state index in [-0.39, 0.29) is 0 Å². The molecular weight excluding hydrogens is 268 g/mol. The Labute approximate surface area is 106 Å². The highest BCUT2D eigenvalue weighted by molar-refractivity contribution is 9.09. The van der Waals surface area contributed by atoms with Crippen LogP contribution in [0.25, 0.3) is 0 Å². The molecule has 0 atom stereocenters. The first-order valence-electron chi connectivity index (χ1n) is 5.66. The number of halogens is 1. The summed E-state index contributed by atoms with van der Waals surface area (Å²) in [6, 6.07) is 8.07. The summed E-state index contributed by atoms with van der Waals surface area (Å²) in [6.07, 6.45) is 2.27. The van der Waals surface area contributed by atoms with Gasteiger partial charge in [-0.1, -0.05) is 33.6 Å². The SMILES string of the molecule is Cc1ccc(OCCOCCCCBr)cc1. The predicted octanol–water partition coefficient (Wildman–Crippen LogP) is 3.57. The average molecular weight is 287 g/mol. The second kappa shape index (κ2) is 8.59. The Bertz CT molecular complexity index is 272. The zero-order chi connectivity index (χ0) is 11.6. The lowest BCUT2D eigenvalue weighted by atomic mass is 10.2. The van der Waals surface area contributed by atoms with Crippen LogP contribution >= 0.6 is 15.9 Å². The van der Waals surface area contributed by atoms with Crippen molar-refractivity contribution >= 4 is 15.9 Å². The number of alkyl halides is 1. The van der Waals surface area contributed by atoms with E-state index in [2.05, 4.69) is 22.9 Å². The first-order valence-corrected chi connectivity index (χ1v) is 6.78. The zero-order valence-corrected chi connectivity index (χ0v) is 11.3. The van der Waals surface area contributed by atoms with Crippen LogP contribution in [0.3, 0.4) is 0 Å². The molecule has 0 aliphatic carbocycles. The molecule has 16 heavy (non-hydrogen) atoms. The highest BCUT2D eigenvalue weighted by Gasteiger charge is 1.93. The molecule has 0 unspecified atom stereocenters. The maximum atomic E-state index is 5.53. The molecule has 0 fully saturated rings. The van der Waals surface area contributed by atoms with Crippen LogP contribution in [0.4, 0.5) is 0 Å². The van der Waals surface area contributed by atoms with Crippen LogP contribution in [0, 0.1) is 6.92 Å². The topological polar surface area (TPSA) is 18.5 Å². The van der Waals surface area contributed by atoms with Gasteiger partial charge in [0.2, 0.25) is 0 Å². The molecule has 0 aliphatic heterocycles. The second-order valence-electron chi connectivity index (χ2n) is 3.67. The number of unbranched alkanes of at least 4 members (excludes halogenated alkanes) is 1. The van der Waals surface area contributed by atoms with E-state index in [0.29, 0.717) is 13.2 Å². The Morgan fingerprint density at radius 1 is 1.00 bits per heavy atom. The Kier molecular flexibility index (Phi) is 7.26. The van der Waals surface area contributed by atoms with Crippen molar-refractivity contribution in [3.05, 3.63) is 29.8 Å². The van der Waals surface area contributed by atoms with Crippen molar-refractivity contribution < 1.29 is 9.47 Å². The minimum absolute atomic E-state index is 0.622. The Hall–Kier alpha value is -0.540. The van der Waals surface area contributed by atoms with Crippen LogP contribution in [-0.2, 0) is 4.74 Å². The van der Waals surface area contributed by atoms with Crippen LogP contribution in [0.2, 0.25) is 0 Å². The van der Waals surface area contributed by atoms with Crippen molar-refractivity contribution in [2.24, 2.45) is 0 Å². The van der Waals surface area contributed by atoms with Gasteiger partial charge in [-0.25, -0.2) is 0 Å². The maximum absolute atomic E-state index is 5.53. The lowest BCUT2D eigenvalue weighted by Gasteiger charge is -2.07. The van der Waals surface area contributed by atoms with Crippen LogP contribution in [-0.4, -0.2) is 25.2 Å². The van der Waals surface area contributed by atoms with Gasteiger partial charge in [-0.2, -0.15) is 0 Å². The molecule has 0 saturated carbocycles. The minimum Gasteiger partial charge on any atom is -0.491 e. The molecule has 0 N–H and O–H groups in total. The molecule has 0 heterocycles. The van der Waals surface area contributed by atoms with Gasteiger partial charge in [-0.15, -0.1) is 0 Å². The second-order valence-corrected chi connectivity index (χ2v) is 4.46. The first kappa shape index (κ1) is 13.5. The third-order valence-corrected chi connectivity index (χ3v) is 2.75. The van der Waals surface area contributed by atoms with E-state index in [1.165, 1.54) is 12.0 Å². The van der Waals surface area contributed by atoms with Crippen molar-refractivity contribution in [1.82, 2.24) is 0 Å². The predicted molar refractivity (Wildman–Crippen MR) is 70.5 cm³/mol. The average Bonchev–Trinajstić information content (AvgIpc) is 2.30. The summed E-state index contributed by atoms with van der Waals surface area (Å²) in [5, 5.41) is 1.05. The molecule has 0 aromatic heterocycles. The fourth-order valence-electron chi connectivity index (χ4n) is 1.25. The van der Waals surface area contributed by atoms with Gasteiger partial charge < -0.3 is 9.47 Å². The molecule has 1 rings (SSSR count). The van der Waals surface area contributed by atoms with Gasteiger partial charge in [0.05, 0.1) is 6.61 Å². The van der Waals surface area contributed by atoms with E-state index in [1.54, 1.807) is 0 Å². The fraction of sp³-hybridized carbons (Fsp3) is 0.538. The Balaban J connectivity index is 2.01. The summed E-state index contributed by atoms with van der Waals surface area (Å²) in [6.45, 7) is 4.17. The van der Waals surface area contributed by atoms with E-state index < -0.39 is 0 Å². The molecule has 90 valence electrons. The summed E-state index contributed by atoms with van der Waals surface area (Å²) < 4.78 is 11.0. The summed E-state index contributed by atoms with van der Waals surface area (Å²) in [7, 11) is 0. The van der Waals surface area contributed by atoms with Crippen molar-refractivity contribution in [2.45, 2.75) is 19.8 Å². The van der Waals surface area contributed by atoms with Crippen molar-refractivity contribution in [3.63, 3.8) is 0 Å². The number of hydrogen-bond acceptors (Lipinski definition) is 2. The molecule has 1 aromatic carbocycles. The van der Waals surface area contributed by atoms with Crippen molar-refractivity contribution in [2.75, 3.05) is 25.2 Å². The third-order valence-electron chi connectivity index (χ3n) is 2.19. The minimum atomic E-state index is 0.622. The van der Waals surface area contributed by atoms with E-state index >= 15 is 0 Å². The normalized spacial score (nSPS) is 10.4. The molecule has 1 aromatic rings. The quantitative estimate of drug-likeness (QED) is 0.537. The number of benzene rings is 1. The van der Waals surface area contributed by atoms with Crippen LogP contribution in [0.5, 0.6) is 5.75 Å². The molecule has 0 radical (unpaired) electrons. The lowest BCUT2D eigenvalue weighted by Crippen LogP contribution is -2.07. The molecule has 2 nitrogen and oxygen atoms in total. The van der Waals surface area contributed by atoms with Gasteiger partial charge in [0.1, 0.15) is 12.4 Å². The fourth-order valence-corrected chi connectivity index (χ4v) is 1.65. The van der Waals surface area contributed by atoms with E-state index in [0.717, 1.165) is 24.1 Å². The molecule has 0 saturated heterocycles. The van der Waals surface area contributed by atoms with Crippen LogP contribution < -0.4 is 4.74 Å². The van der Waals surface area contributed by atoms with Crippen molar-refractivity contribution in [3.8, 4) is 5.75 Å². The van der Waals surface area contributed by atoms with Gasteiger partial charge >= 0.3 is 0 Å².